The smallest absolute Gasteiger partial charge is 0.220 e. The predicted molar refractivity (Wildman–Crippen MR) is 88.1 cm³/mol. The van der Waals surface area contributed by atoms with E-state index in [0.717, 1.165) is 11.1 Å². The lowest BCUT2D eigenvalue weighted by molar-refractivity contribution is -0.121. The van der Waals surface area contributed by atoms with Gasteiger partial charge < -0.3 is 5.32 Å². The van der Waals surface area contributed by atoms with Crippen molar-refractivity contribution in [2.45, 2.75) is 19.4 Å². The van der Waals surface area contributed by atoms with Crippen LogP contribution in [-0.2, 0) is 17.8 Å². The first-order valence-electron chi connectivity index (χ1n) is 6.49. The molecule has 2 rings (SSSR count). The van der Waals surface area contributed by atoms with E-state index in [1.165, 1.54) is 0 Å². The highest BCUT2D eigenvalue weighted by molar-refractivity contribution is 6.35. The summed E-state index contributed by atoms with van der Waals surface area (Å²) in [5, 5.41) is 4.74. The van der Waals surface area contributed by atoms with E-state index < -0.39 is 0 Å². The maximum absolute atomic E-state index is 11.8. The fraction of sp³-hybridized carbons (Fsp3) is 0.188. The SMILES string of the molecule is O=C(CCc1ccc(Cl)cc1Cl)NCc1ccc(Cl)cc1. The molecule has 2 nitrogen and oxygen atoms in total. The second kappa shape index (κ2) is 7.69. The number of carbonyl (C=O) groups is 1. The van der Waals surface area contributed by atoms with Gasteiger partial charge in [-0.2, -0.15) is 0 Å². The highest BCUT2D eigenvalue weighted by atomic mass is 35.5. The molecule has 110 valence electrons. The summed E-state index contributed by atoms with van der Waals surface area (Å²) in [7, 11) is 0. The zero-order valence-electron chi connectivity index (χ0n) is 11.2. The van der Waals surface area contributed by atoms with Crippen LogP contribution in [0.25, 0.3) is 0 Å². The third-order valence-electron chi connectivity index (χ3n) is 3.04. The average Bonchev–Trinajstić information content (AvgIpc) is 2.46. The fourth-order valence-corrected chi connectivity index (χ4v) is 2.49. The molecule has 0 bridgehead atoms. The zero-order valence-corrected chi connectivity index (χ0v) is 13.5. The molecule has 0 spiro atoms. The average molecular weight is 343 g/mol. The van der Waals surface area contributed by atoms with E-state index in [0.29, 0.717) is 34.5 Å². The molecular formula is C16H14Cl3NO. The first-order valence-corrected chi connectivity index (χ1v) is 7.63. The van der Waals surface area contributed by atoms with Gasteiger partial charge in [0, 0.05) is 28.0 Å². The van der Waals surface area contributed by atoms with Crippen molar-refractivity contribution in [3.05, 3.63) is 68.7 Å². The molecule has 21 heavy (non-hydrogen) atoms. The van der Waals surface area contributed by atoms with Gasteiger partial charge in [0.2, 0.25) is 5.91 Å². The van der Waals surface area contributed by atoms with Crippen LogP contribution in [0.1, 0.15) is 17.5 Å². The summed E-state index contributed by atoms with van der Waals surface area (Å²) in [4.78, 5) is 11.8. The van der Waals surface area contributed by atoms with Crippen molar-refractivity contribution in [2.75, 3.05) is 0 Å². The van der Waals surface area contributed by atoms with Gasteiger partial charge in [0.05, 0.1) is 0 Å². The third kappa shape index (κ3) is 5.24. The molecule has 0 unspecified atom stereocenters. The van der Waals surface area contributed by atoms with Crippen LogP contribution in [0.4, 0.5) is 0 Å². The summed E-state index contributed by atoms with van der Waals surface area (Å²) in [5.74, 6) is -0.0176. The van der Waals surface area contributed by atoms with Gasteiger partial charge in [-0.1, -0.05) is 53.0 Å². The number of nitrogens with one attached hydrogen (secondary N) is 1. The summed E-state index contributed by atoms with van der Waals surface area (Å²) in [6.07, 6.45) is 0.970. The normalized spacial score (nSPS) is 10.4. The van der Waals surface area contributed by atoms with Gasteiger partial charge in [-0.05, 0) is 41.8 Å². The van der Waals surface area contributed by atoms with Crippen molar-refractivity contribution >= 4 is 40.7 Å². The molecule has 0 saturated heterocycles. The largest absolute Gasteiger partial charge is 0.352 e. The van der Waals surface area contributed by atoms with Gasteiger partial charge in [0.15, 0.2) is 0 Å². The number of aryl methyl sites for hydroxylation is 1. The molecule has 0 radical (unpaired) electrons. The lowest BCUT2D eigenvalue weighted by atomic mass is 10.1. The summed E-state index contributed by atoms with van der Waals surface area (Å²) < 4.78 is 0. The molecule has 0 fully saturated rings. The number of halogens is 3. The molecule has 0 aliphatic rings. The summed E-state index contributed by atoms with van der Waals surface area (Å²) in [5.41, 5.74) is 1.93. The van der Waals surface area contributed by atoms with Gasteiger partial charge in [-0.15, -0.1) is 0 Å². The molecule has 0 saturated carbocycles. The molecule has 1 N–H and O–H groups in total. The van der Waals surface area contributed by atoms with Crippen LogP contribution < -0.4 is 5.32 Å². The Kier molecular flexibility index (Phi) is 5.92. The maximum atomic E-state index is 11.8. The Bertz CT molecular complexity index is 626. The molecule has 2 aromatic carbocycles. The molecule has 0 aromatic heterocycles. The van der Waals surface area contributed by atoms with Crippen LogP contribution in [0.2, 0.25) is 15.1 Å². The van der Waals surface area contributed by atoms with E-state index in [-0.39, 0.29) is 5.91 Å². The highest BCUT2D eigenvalue weighted by Gasteiger charge is 2.06. The van der Waals surface area contributed by atoms with Crippen molar-refractivity contribution in [2.24, 2.45) is 0 Å². The van der Waals surface area contributed by atoms with E-state index in [2.05, 4.69) is 5.32 Å². The fourth-order valence-electron chi connectivity index (χ4n) is 1.86. The van der Waals surface area contributed by atoms with E-state index >= 15 is 0 Å². The Morgan fingerprint density at radius 3 is 2.29 bits per heavy atom. The molecule has 0 aliphatic carbocycles. The minimum Gasteiger partial charge on any atom is -0.352 e. The minimum atomic E-state index is -0.0176. The lowest BCUT2D eigenvalue weighted by Gasteiger charge is -2.07. The number of amides is 1. The summed E-state index contributed by atoms with van der Waals surface area (Å²) in [6.45, 7) is 0.490. The monoisotopic (exact) mass is 341 g/mol. The molecule has 5 heteroatoms. The molecule has 0 aliphatic heterocycles. The third-order valence-corrected chi connectivity index (χ3v) is 3.88. The van der Waals surface area contributed by atoms with Gasteiger partial charge >= 0.3 is 0 Å². The van der Waals surface area contributed by atoms with Crippen LogP contribution in [0.3, 0.4) is 0 Å². The number of benzene rings is 2. The van der Waals surface area contributed by atoms with Crippen molar-refractivity contribution < 1.29 is 4.79 Å². The molecule has 1 amide bonds. The lowest BCUT2D eigenvalue weighted by Crippen LogP contribution is -2.22. The number of hydrogen-bond acceptors (Lipinski definition) is 1. The molecule has 2 aromatic rings. The quantitative estimate of drug-likeness (QED) is 0.823. The van der Waals surface area contributed by atoms with Crippen LogP contribution >= 0.6 is 34.8 Å². The first kappa shape index (κ1) is 16.2. The minimum absolute atomic E-state index is 0.0176. The van der Waals surface area contributed by atoms with Crippen LogP contribution in [0.5, 0.6) is 0 Å². The Morgan fingerprint density at radius 2 is 1.62 bits per heavy atom. The molecule has 0 heterocycles. The number of hydrogen-bond donors (Lipinski definition) is 1. The Hall–Kier alpha value is -1.22. The van der Waals surface area contributed by atoms with E-state index in [1.807, 2.05) is 18.2 Å². The van der Waals surface area contributed by atoms with E-state index in [1.54, 1.807) is 24.3 Å². The van der Waals surface area contributed by atoms with Gasteiger partial charge in [-0.25, -0.2) is 0 Å². The molecule has 0 atom stereocenters. The first-order chi connectivity index (χ1) is 10.0. The summed E-state index contributed by atoms with van der Waals surface area (Å²) >= 11 is 17.7. The van der Waals surface area contributed by atoms with E-state index in [9.17, 15) is 4.79 Å². The second-order valence-electron chi connectivity index (χ2n) is 4.64. The van der Waals surface area contributed by atoms with E-state index in [4.69, 9.17) is 34.8 Å². The van der Waals surface area contributed by atoms with Gasteiger partial charge in [0.25, 0.3) is 0 Å². The zero-order chi connectivity index (χ0) is 15.2. The van der Waals surface area contributed by atoms with Crippen LogP contribution in [-0.4, -0.2) is 5.91 Å². The topological polar surface area (TPSA) is 29.1 Å². The van der Waals surface area contributed by atoms with Crippen LogP contribution in [0.15, 0.2) is 42.5 Å². The Balaban J connectivity index is 1.80. The van der Waals surface area contributed by atoms with Crippen LogP contribution in [0, 0.1) is 0 Å². The Morgan fingerprint density at radius 1 is 0.952 bits per heavy atom. The second-order valence-corrected chi connectivity index (χ2v) is 5.92. The van der Waals surface area contributed by atoms with Gasteiger partial charge in [0.1, 0.15) is 0 Å². The Labute approximate surface area is 139 Å². The van der Waals surface area contributed by atoms with Crippen molar-refractivity contribution in [1.29, 1.82) is 0 Å². The highest BCUT2D eigenvalue weighted by Crippen LogP contribution is 2.22. The van der Waals surface area contributed by atoms with Gasteiger partial charge in [-0.3, -0.25) is 4.79 Å². The van der Waals surface area contributed by atoms with Crippen molar-refractivity contribution in [3.63, 3.8) is 0 Å². The number of rotatable bonds is 5. The standard InChI is InChI=1S/C16H14Cl3NO/c17-13-5-1-11(2-6-13)10-20-16(21)8-4-12-3-7-14(18)9-15(12)19/h1-3,5-7,9H,4,8,10H2,(H,20,21). The maximum Gasteiger partial charge on any atom is 0.220 e. The predicted octanol–water partition coefficient (Wildman–Crippen LogP) is 4.90. The molecular weight excluding hydrogens is 329 g/mol. The van der Waals surface area contributed by atoms with Crippen molar-refractivity contribution in [3.8, 4) is 0 Å². The number of carbonyl (C=O) groups excluding carboxylic acids is 1. The summed E-state index contributed by atoms with van der Waals surface area (Å²) in [6, 6.07) is 12.7. The van der Waals surface area contributed by atoms with Crippen molar-refractivity contribution in [1.82, 2.24) is 5.32 Å².